The highest BCUT2D eigenvalue weighted by molar-refractivity contribution is 5.81. The zero-order chi connectivity index (χ0) is 13.9. The molecule has 2 heterocycles. The van der Waals surface area contributed by atoms with E-state index < -0.39 is 0 Å². The van der Waals surface area contributed by atoms with Crippen molar-refractivity contribution < 1.29 is 0 Å². The van der Waals surface area contributed by atoms with Crippen LogP contribution >= 0.6 is 0 Å². The molecule has 2 aromatic heterocycles. The third-order valence-electron chi connectivity index (χ3n) is 3.58. The van der Waals surface area contributed by atoms with Gasteiger partial charge in [-0.3, -0.25) is 0 Å². The van der Waals surface area contributed by atoms with E-state index in [0.717, 1.165) is 25.3 Å². The van der Waals surface area contributed by atoms with Crippen LogP contribution in [0.3, 0.4) is 0 Å². The molecule has 2 N–H and O–H groups in total. The van der Waals surface area contributed by atoms with Crippen molar-refractivity contribution in [2.75, 3.05) is 6.54 Å². The zero-order valence-corrected chi connectivity index (χ0v) is 11.7. The van der Waals surface area contributed by atoms with Crippen LogP contribution in [0.1, 0.15) is 18.3 Å². The van der Waals surface area contributed by atoms with E-state index in [1.807, 2.05) is 4.68 Å². The standard InChI is InChI=1S/C15H19N5/c1-2-20-15(17-11-18-20)10-19-8-6-13-9-12(5-7-16)3-4-14(13)19/h3-4,6,8-9,11H,2,5,7,10,16H2,1H3. The summed E-state index contributed by atoms with van der Waals surface area (Å²) >= 11 is 0. The molecule has 5 heteroatoms. The van der Waals surface area contributed by atoms with Crippen LogP contribution in [-0.4, -0.2) is 25.9 Å². The fourth-order valence-electron chi connectivity index (χ4n) is 2.54. The molecule has 3 rings (SSSR count). The topological polar surface area (TPSA) is 61.7 Å². The number of nitrogens with two attached hydrogens (primary N) is 1. The predicted octanol–water partition coefficient (Wildman–Crippen LogP) is 1.80. The van der Waals surface area contributed by atoms with Crippen molar-refractivity contribution in [2.24, 2.45) is 5.73 Å². The molecule has 0 fully saturated rings. The fourth-order valence-corrected chi connectivity index (χ4v) is 2.54. The van der Waals surface area contributed by atoms with E-state index in [9.17, 15) is 0 Å². The van der Waals surface area contributed by atoms with Crippen LogP contribution in [0.5, 0.6) is 0 Å². The normalized spacial score (nSPS) is 11.3. The number of aromatic nitrogens is 4. The van der Waals surface area contributed by atoms with Crippen LogP contribution in [0.25, 0.3) is 10.9 Å². The van der Waals surface area contributed by atoms with E-state index in [1.165, 1.54) is 16.5 Å². The van der Waals surface area contributed by atoms with Gasteiger partial charge >= 0.3 is 0 Å². The van der Waals surface area contributed by atoms with Crippen LogP contribution in [0.15, 0.2) is 36.8 Å². The van der Waals surface area contributed by atoms with Gasteiger partial charge in [0.05, 0.1) is 6.54 Å². The van der Waals surface area contributed by atoms with Crippen LogP contribution in [-0.2, 0) is 19.5 Å². The molecule has 0 aliphatic heterocycles. The summed E-state index contributed by atoms with van der Waals surface area (Å²) in [5, 5.41) is 5.46. The molecule has 20 heavy (non-hydrogen) atoms. The fraction of sp³-hybridized carbons (Fsp3) is 0.333. The first-order chi connectivity index (χ1) is 9.81. The monoisotopic (exact) mass is 269 g/mol. The Hall–Kier alpha value is -2.14. The lowest BCUT2D eigenvalue weighted by atomic mass is 10.1. The molecule has 1 aromatic carbocycles. The van der Waals surface area contributed by atoms with Gasteiger partial charge in [0.25, 0.3) is 0 Å². The number of fused-ring (bicyclic) bond motifs is 1. The first-order valence-corrected chi connectivity index (χ1v) is 6.96. The minimum Gasteiger partial charge on any atom is -0.340 e. The van der Waals surface area contributed by atoms with Gasteiger partial charge in [-0.1, -0.05) is 6.07 Å². The number of nitrogens with zero attached hydrogens (tertiary/aromatic N) is 4. The number of hydrogen-bond donors (Lipinski definition) is 1. The van der Waals surface area contributed by atoms with Gasteiger partial charge in [0.2, 0.25) is 0 Å². The Morgan fingerprint density at radius 3 is 2.95 bits per heavy atom. The molecule has 5 nitrogen and oxygen atoms in total. The average Bonchev–Trinajstić information content (AvgIpc) is 3.06. The summed E-state index contributed by atoms with van der Waals surface area (Å²) in [6.45, 7) is 4.35. The highest BCUT2D eigenvalue weighted by Gasteiger charge is 2.07. The molecule has 0 aliphatic rings. The summed E-state index contributed by atoms with van der Waals surface area (Å²) in [6, 6.07) is 8.66. The number of aryl methyl sites for hydroxylation is 1. The second-order valence-corrected chi connectivity index (χ2v) is 4.87. The number of hydrogen-bond acceptors (Lipinski definition) is 3. The lowest BCUT2D eigenvalue weighted by Crippen LogP contribution is -2.08. The third-order valence-corrected chi connectivity index (χ3v) is 3.58. The van der Waals surface area contributed by atoms with Crippen molar-refractivity contribution in [1.82, 2.24) is 19.3 Å². The maximum Gasteiger partial charge on any atom is 0.146 e. The SMILES string of the molecule is CCn1ncnc1Cn1ccc2cc(CCN)ccc21. The summed E-state index contributed by atoms with van der Waals surface area (Å²) in [4.78, 5) is 4.33. The molecule has 0 saturated carbocycles. The summed E-state index contributed by atoms with van der Waals surface area (Å²) in [5.74, 6) is 0.982. The third kappa shape index (κ3) is 2.32. The second kappa shape index (κ2) is 5.46. The molecule has 0 atom stereocenters. The van der Waals surface area contributed by atoms with Crippen molar-refractivity contribution in [1.29, 1.82) is 0 Å². The van der Waals surface area contributed by atoms with Crippen molar-refractivity contribution in [3.63, 3.8) is 0 Å². The van der Waals surface area contributed by atoms with Crippen molar-refractivity contribution in [2.45, 2.75) is 26.4 Å². The Morgan fingerprint density at radius 1 is 1.25 bits per heavy atom. The molecule has 0 aliphatic carbocycles. The minimum atomic E-state index is 0.686. The largest absolute Gasteiger partial charge is 0.340 e. The first kappa shape index (κ1) is 12.9. The van der Waals surface area contributed by atoms with E-state index in [1.54, 1.807) is 6.33 Å². The van der Waals surface area contributed by atoms with E-state index in [2.05, 4.69) is 52.0 Å². The van der Waals surface area contributed by atoms with Gasteiger partial charge in [-0.2, -0.15) is 5.10 Å². The Balaban J connectivity index is 1.92. The van der Waals surface area contributed by atoms with Crippen LogP contribution in [0, 0.1) is 0 Å². The summed E-state index contributed by atoms with van der Waals surface area (Å²) in [6.07, 6.45) is 4.64. The van der Waals surface area contributed by atoms with Crippen molar-refractivity contribution >= 4 is 10.9 Å². The molecule has 104 valence electrons. The van der Waals surface area contributed by atoms with Crippen LogP contribution in [0.4, 0.5) is 0 Å². The predicted molar refractivity (Wildman–Crippen MR) is 79.5 cm³/mol. The average molecular weight is 269 g/mol. The smallest absolute Gasteiger partial charge is 0.146 e. The number of benzene rings is 1. The molecule has 0 radical (unpaired) electrons. The van der Waals surface area contributed by atoms with Crippen LogP contribution < -0.4 is 5.73 Å². The van der Waals surface area contributed by atoms with E-state index in [0.29, 0.717) is 6.54 Å². The molecule has 0 saturated heterocycles. The Labute approximate surface area is 118 Å². The quantitative estimate of drug-likeness (QED) is 0.768. The minimum absolute atomic E-state index is 0.686. The van der Waals surface area contributed by atoms with E-state index in [4.69, 9.17) is 5.73 Å². The van der Waals surface area contributed by atoms with Gasteiger partial charge in [0.15, 0.2) is 0 Å². The maximum atomic E-state index is 5.61. The second-order valence-electron chi connectivity index (χ2n) is 4.87. The summed E-state index contributed by atoms with van der Waals surface area (Å²) in [7, 11) is 0. The molecule has 0 unspecified atom stereocenters. The van der Waals surface area contributed by atoms with E-state index in [-0.39, 0.29) is 0 Å². The van der Waals surface area contributed by atoms with Gasteiger partial charge in [0.1, 0.15) is 12.2 Å². The first-order valence-electron chi connectivity index (χ1n) is 6.96. The Morgan fingerprint density at radius 2 is 2.15 bits per heavy atom. The molecular weight excluding hydrogens is 250 g/mol. The highest BCUT2D eigenvalue weighted by Crippen LogP contribution is 2.19. The lowest BCUT2D eigenvalue weighted by Gasteiger charge is -2.07. The van der Waals surface area contributed by atoms with Gasteiger partial charge in [0, 0.05) is 18.3 Å². The van der Waals surface area contributed by atoms with Gasteiger partial charge in [-0.05, 0) is 49.0 Å². The molecular formula is C15H19N5. The van der Waals surface area contributed by atoms with Crippen molar-refractivity contribution in [3.05, 3.63) is 48.2 Å². The van der Waals surface area contributed by atoms with E-state index >= 15 is 0 Å². The van der Waals surface area contributed by atoms with Gasteiger partial charge in [-0.15, -0.1) is 0 Å². The molecule has 0 bridgehead atoms. The zero-order valence-electron chi connectivity index (χ0n) is 11.7. The van der Waals surface area contributed by atoms with Gasteiger partial charge < -0.3 is 10.3 Å². The maximum absolute atomic E-state index is 5.61. The molecule has 3 aromatic rings. The van der Waals surface area contributed by atoms with Crippen LogP contribution in [0.2, 0.25) is 0 Å². The van der Waals surface area contributed by atoms with Gasteiger partial charge in [-0.25, -0.2) is 9.67 Å². The lowest BCUT2D eigenvalue weighted by molar-refractivity contribution is 0.597. The highest BCUT2D eigenvalue weighted by atomic mass is 15.3. The summed E-state index contributed by atoms with van der Waals surface area (Å²) < 4.78 is 4.13. The van der Waals surface area contributed by atoms with Crippen molar-refractivity contribution in [3.8, 4) is 0 Å². The Bertz CT molecular complexity index is 710. The molecule has 0 spiro atoms. The molecule has 0 amide bonds. The number of rotatable bonds is 5. The Kier molecular flexibility index (Phi) is 3.52. The summed E-state index contributed by atoms with van der Waals surface area (Å²) in [5.41, 5.74) is 8.11.